The van der Waals surface area contributed by atoms with E-state index in [1.807, 2.05) is 20.8 Å². The maximum atomic E-state index is 14.0. The van der Waals surface area contributed by atoms with Crippen LogP contribution in [-0.2, 0) is 5.41 Å². The quantitative estimate of drug-likeness (QED) is 0.673. The first-order valence-corrected chi connectivity index (χ1v) is 6.77. The van der Waals surface area contributed by atoms with E-state index in [9.17, 15) is 4.39 Å². The summed E-state index contributed by atoms with van der Waals surface area (Å²) in [7, 11) is 0. The summed E-state index contributed by atoms with van der Waals surface area (Å²) >= 11 is 4.54. The number of thiophene rings is 1. The molecule has 0 amide bonds. The van der Waals surface area contributed by atoms with Gasteiger partial charge in [-0.3, -0.25) is 0 Å². The Balaban J connectivity index is 2.89. The molecule has 2 rings (SSSR count). The van der Waals surface area contributed by atoms with Crippen LogP contribution in [0.1, 0.15) is 31.9 Å². The van der Waals surface area contributed by atoms with Crippen LogP contribution in [0.2, 0.25) is 0 Å². The lowest BCUT2D eigenvalue weighted by molar-refractivity contribution is 0.543. The Labute approximate surface area is 112 Å². The molecule has 0 saturated heterocycles. The van der Waals surface area contributed by atoms with Crippen molar-refractivity contribution in [2.24, 2.45) is 0 Å². The van der Waals surface area contributed by atoms with Crippen molar-refractivity contribution in [2.75, 3.05) is 0 Å². The van der Waals surface area contributed by atoms with Crippen molar-refractivity contribution in [3.63, 3.8) is 0 Å². The zero-order chi connectivity index (χ0) is 12.8. The first kappa shape index (κ1) is 12.5. The molecule has 0 radical (unpaired) electrons. The minimum Gasteiger partial charge on any atom is -0.195 e. The molecule has 2 aromatic rings. The zero-order valence-corrected chi connectivity index (χ0v) is 12.2. The third-order valence-electron chi connectivity index (χ3n) is 2.58. The number of hydrogen-bond donors (Lipinski definition) is 0. The van der Waals surface area contributed by atoms with Gasteiger partial charge in [0.25, 0.3) is 0 Å². The molecule has 0 atom stereocenters. The van der Waals surface area contributed by atoms with Gasteiger partial charge in [-0.2, -0.15) is 9.65 Å². The molecule has 0 aliphatic carbocycles. The summed E-state index contributed by atoms with van der Waals surface area (Å²) in [6, 6.07) is 5.56. The van der Waals surface area contributed by atoms with Crippen LogP contribution in [0.25, 0.3) is 10.1 Å². The minimum absolute atomic E-state index is 0.164. The molecule has 17 heavy (non-hydrogen) atoms. The maximum Gasteiger partial charge on any atom is 0.181 e. The van der Waals surface area contributed by atoms with Gasteiger partial charge in [-0.05, 0) is 17.5 Å². The molecule has 4 heteroatoms. The van der Waals surface area contributed by atoms with Crippen LogP contribution in [0.3, 0.4) is 0 Å². The highest BCUT2D eigenvalue weighted by atomic mass is 79.9. The molecule has 0 aliphatic heterocycles. The number of nitriles is 1. The predicted octanol–water partition coefficient (Wildman–Crippen LogP) is 4.97. The highest BCUT2D eigenvalue weighted by Crippen LogP contribution is 2.41. The summed E-state index contributed by atoms with van der Waals surface area (Å²) in [5, 5.41) is 9.62. The van der Waals surface area contributed by atoms with Crippen molar-refractivity contribution in [1.29, 1.82) is 5.26 Å². The Bertz CT molecular complexity index is 631. The number of benzene rings is 1. The fourth-order valence-electron chi connectivity index (χ4n) is 1.88. The molecule has 0 fully saturated rings. The van der Waals surface area contributed by atoms with Crippen LogP contribution >= 0.6 is 27.3 Å². The van der Waals surface area contributed by atoms with Gasteiger partial charge in [0.05, 0.1) is 11.6 Å². The van der Waals surface area contributed by atoms with E-state index < -0.39 is 0 Å². The second-order valence-electron chi connectivity index (χ2n) is 4.94. The van der Waals surface area contributed by atoms with E-state index in [-0.39, 0.29) is 10.5 Å². The Morgan fingerprint density at radius 3 is 2.53 bits per heavy atom. The molecule has 1 aromatic heterocycles. The standard InChI is InChI=1S/C13H11BrFNS/c1-13(2,3)11-10-8(14)4-7(6-16)5-9(10)17-12(11)15/h4-5H,1-3H3. The Morgan fingerprint density at radius 1 is 1.35 bits per heavy atom. The molecular formula is C13H11BrFNS. The lowest BCUT2D eigenvalue weighted by Crippen LogP contribution is -2.12. The van der Waals surface area contributed by atoms with Crippen molar-refractivity contribution in [3.8, 4) is 6.07 Å². The van der Waals surface area contributed by atoms with Gasteiger partial charge in [-0.15, -0.1) is 11.3 Å². The van der Waals surface area contributed by atoms with Crippen LogP contribution in [-0.4, -0.2) is 0 Å². The van der Waals surface area contributed by atoms with E-state index in [0.717, 1.165) is 25.9 Å². The minimum atomic E-state index is -0.251. The Kier molecular flexibility index (Phi) is 3.01. The topological polar surface area (TPSA) is 23.8 Å². The van der Waals surface area contributed by atoms with Crippen LogP contribution in [0, 0.1) is 16.5 Å². The molecule has 0 saturated carbocycles. The summed E-state index contributed by atoms with van der Waals surface area (Å²) in [6.07, 6.45) is 0. The van der Waals surface area contributed by atoms with Crippen LogP contribution in [0.15, 0.2) is 16.6 Å². The molecule has 0 spiro atoms. The maximum absolute atomic E-state index is 14.0. The number of fused-ring (bicyclic) bond motifs is 1. The number of nitrogens with zero attached hydrogens (tertiary/aromatic N) is 1. The van der Waals surface area contributed by atoms with E-state index >= 15 is 0 Å². The largest absolute Gasteiger partial charge is 0.195 e. The molecule has 1 nitrogen and oxygen atoms in total. The van der Waals surface area contributed by atoms with Gasteiger partial charge in [0.1, 0.15) is 0 Å². The molecule has 88 valence electrons. The summed E-state index contributed by atoms with van der Waals surface area (Å²) in [5.74, 6) is 0. The van der Waals surface area contributed by atoms with Crippen LogP contribution < -0.4 is 0 Å². The molecular weight excluding hydrogens is 301 g/mol. The predicted molar refractivity (Wildman–Crippen MR) is 72.9 cm³/mol. The molecule has 1 heterocycles. The Hall–Kier alpha value is -0.920. The summed E-state index contributed by atoms with van der Waals surface area (Å²) in [6.45, 7) is 5.96. The Morgan fingerprint density at radius 2 is 2.00 bits per heavy atom. The van der Waals surface area contributed by atoms with Crippen LogP contribution in [0.4, 0.5) is 4.39 Å². The number of halogens is 2. The van der Waals surface area contributed by atoms with Gasteiger partial charge in [0.15, 0.2) is 5.13 Å². The zero-order valence-electron chi connectivity index (χ0n) is 9.77. The first-order valence-electron chi connectivity index (χ1n) is 5.16. The van der Waals surface area contributed by atoms with E-state index in [0.29, 0.717) is 11.1 Å². The van der Waals surface area contributed by atoms with Crippen molar-refractivity contribution >= 4 is 37.4 Å². The van der Waals surface area contributed by atoms with Gasteiger partial charge in [-0.1, -0.05) is 36.7 Å². The molecule has 0 N–H and O–H groups in total. The molecule has 0 bridgehead atoms. The lowest BCUT2D eigenvalue weighted by Gasteiger charge is -2.18. The smallest absolute Gasteiger partial charge is 0.181 e. The SMILES string of the molecule is CC(C)(C)c1c(F)sc2cc(C#N)cc(Br)c12. The monoisotopic (exact) mass is 311 g/mol. The molecule has 0 unspecified atom stereocenters. The van der Waals surface area contributed by atoms with Gasteiger partial charge in [-0.25, -0.2) is 0 Å². The fourth-order valence-corrected chi connectivity index (χ4v) is 3.88. The summed E-state index contributed by atoms with van der Waals surface area (Å²) in [5.41, 5.74) is 1.01. The average Bonchev–Trinajstić information content (AvgIpc) is 2.53. The molecule has 1 aromatic carbocycles. The summed E-state index contributed by atoms with van der Waals surface area (Å²) in [4.78, 5) is 0. The van der Waals surface area contributed by atoms with Crippen molar-refractivity contribution < 1.29 is 4.39 Å². The fraction of sp³-hybridized carbons (Fsp3) is 0.308. The van der Waals surface area contributed by atoms with E-state index in [2.05, 4.69) is 22.0 Å². The third-order valence-corrected chi connectivity index (χ3v) is 4.13. The van der Waals surface area contributed by atoms with Crippen molar-refractivity contribution in [1.82, 2.24) is 0 Å². The average molecular weight is 312 g/mol. The lowest BCUT2D eigenvalue weighted by atomic mass is 9.86. The number of rotatable bonds is 0. The second kappa shape index (κ2) is 4.08. The van der Waals surface area contributed by atoms with Gasteiger partial charge >= 0.3 is 0 Å². The van der Waals surface area contributed by atoms with Crippen molar-refractivity contribution in [3.05, 3.63) is 32.9 Å². The summed E-state index contributed by atoms with van der Waals surface area (Å²) < 4.78 is 15.6. The van der Waals surface area contributed by atoms with E-state index in [1.54, 1.807) is 12.1 Å². The van der Waals surface area contributed by atoms with Gasteiger partial charge < -0.3 is 0 Å². The van der Waals surface area contributed by atoms with E-state index in [1.165, 1.54) is 0 Å². The van der Waals surface area contributed by atoms with Gasteiger partial charge in [0.2, 0.25) is 0 Å². The highest BCUT2D eigenvalue weighted by molar-refractivity contribution is 9.10. The van der Waals surface area contributed by atoms with Crippen molar-refractivity contribution in [2.45, 2.75) is 26.2 Å². The normalized spacial score (nSPS) is 11.8. The molecule has 0 aliphatic rings. The first-order chi connectivity index (χ1) is 7.84. The highest BCUT2D eigenvalue weighted by Gasteiger charge is 2.25. The van der Waals surface area contributed by atoms with E-state index in [4.69, 9.17) is 5.26 Å². The number of hydrogen-bond acceptors (Lipinski definition) is 2. The third kappa shape index (κ3) is 2.10. The van der Waals surface area contributed by atoms with Crippen LogP contribution in [0.5, 0.6) is 0 Å². The second-order valence-corrected chi connectivity index (χ2v) is 6.80. The van der Waals surface area contributed by atoms with Gasteiger partial charge in [0, 0.05) is 20.1 Å².